The summed E-state index contributed by atoms with van der Waals surface area (Å²) in [6.45, 7) is 5.79. The van der Waals surface area contributed by atoms with Crippen molar-refractivity contribution in [3.8, 4) is 11.3 Å². The third-order valence-corrected chi connectivity index (χ3v) is 5.46. The highest BCUT2D eigenvalue weighted by Crippen LogP contribution is 2.26. The molecule has 1 aromatic carbocycles. The Bertz CT molecular complexity index is 727. The molecule has 27 heavy (non-hydrogen) atoms. The number of ether oxygens (including phenoxy) is 1. The summed E-state index contributed by atoms with van der Waals surface area (Å²) >= 11 is 1.43. The summed E-state index contributed by atoms with van der Waals surface area (Å²) in [5.74, 6) is 0.656. The van der Waals surface area contributed by atoms with E-state index in [1.54, 1.807) is 0 Å². The molecular weight excluding hydrogens is 382 g/mol. The van der Waals surface area contributed by atoms with E-state index in [9.17, 15) is 4.79 Å². The molecule has 1 amide bonds. The lowest BCUT2D eigenvalue weighted by Crippen LogP contribution is -2.43. The van der Waals surface area contributed by atoms with E-state index in [0.29, 0.717) is 24.3 Å². The average molecular weight is 410 g/mol. The van der Waals surface area contributed by atoms with Crippen molar-refractivity contribution in [3.05, 3.63) is 35.2 Å². The van der Waals surface area contributed by atoms with Crippen LogP contribution in [0.3, 0.4) is 0 Å². The van der Waals surface area contributed by atoms with E-state index >= 15 is 0 Å². The number of amides is 1. The Morgan fingerprint density at radius 2 is 1.96 bits per heavy atom. The van der Waals surface area contributed by atoms with Gasteiger partial charge in [0.2, 0.25) is 5.91 Å². The molecule has 148 valence electrons. The van der Waals surface area contributed by atoms with E-state index in [2.05, 4.69) is 48.4 Å². The van der Waals surface area contributed by atoms with Crippen molar-refractivity contribution in [3.63, 3.8) is 0 Å². The minimum Gasteiger partial charge on any atom is -0.381 e. The number of nitrogens with zero attached hydrogens (tertiary/aromatic N) is 1. The highest BCUT2D eigenvalue weighted by Gasteiger charge is 2.27. The van der Waals surface area contributed by atoms with Crippen molar-refractivity contribution in [2.24, 2.45) is 17.6 Å². The largest absolute Gasteiger partial charge is 0.381 e. The van der Waals surface area contributed by atoms with Crippen molar-refractivity contribution < 1.29 is 9.53 Å². The third kappa shape index (κ3) is 6.01. The van der Waals surface area contributed by atoms with Gasteiger partial charge in [0.05, 0.1) is 11.7 Å². The van der Waals surface area contributed by atoms with E-state index in [1.807, 2.05) is 5.38 Å². The van der Waals surface area contributed by atoms with E-state index in [0.717, 1.165) is 30.5 Å². The molecule has 1 fully saturated rings. The van der Waals surface area contributed by atoms with Gasteiger partial charge >= 0.3 is 0 Å². The first kappa shape index (κ1) is 21.8. The van der Waals surface area contributed by atoms with Gasteiger partial charge in [-0.25, -0.2) is 4.98 Å². The Balaban J connectivity index is 0.00000261. The standard InChI is InChI=1S/C20H27N3O2S.ClH/c1-13(2)11-14-3-5-15(6-4-14)17-12-26-20(22-17)23-19(24)18(21)16-7-9-25-10-8-16;/h3-6,12-13,16,18H,7-11,21H2,1-2H3,(H,22,23,24);1H. The van der Waals surface area contributed by atoms with Crippen LogP contribution in [-0.4, -0.2) is 30.1 Å². The van der Waals surface area contributed by atoms with Crippen LogP contribution in [0.1, 0.15) is 32.3 Å². The number of thiazole rings is 1. The summed E-state index contributed by atoms with van der Waals surface area (Å²) < 4.78 is 5.33. The van der Waals surface area contributed by atoms with E-state index < -0.39 is 6.04 Å². The molecule has 3 rings (SSSR count). The van der Waals surface area contributed by atoms with Gasteiger partial charge in [0, 0.05) is 24.2 Å². The number of hydrogen-bond donors (Lipinski definition) is 2. The van der Waals surface area contributed by atoms with Crippen LogP contribution < -0.4 is 11.1 Å². The Hall–Kier alpha value is -1.47. The molecule has 7 heteroatoms. The molecule has 1 saturated heterocycles. The van der Waals surface area contributed by atoms with Gasteiger partial charge in [0.1, 0.15) is 0 Å². The van der Waals surface area contributed by atoms with Crippen LogP contribution in [0.5, 0.6) is 0 Å². The van der Waals surface area contributed by atoms with Gasteiger partial charge in [-0.15, -0.1) is 23.7 Å². The lowest BCUT2D eigenvalue weighted by Gasteiger charge is -2.26. The average Bonchev–Trinajstić information content (AvgIpc) is 3.10. The summed E-state index contributed by atoms with van der Waals surface area (Å²) in [7, 11) is 0. The fraction of sp³-hybridized carbons (Fsp3) is 0.500. The topological polar surface area (TPSA) is 77.2 Å². The maximum atomic E-state index is 12.4. The minimum absolute atomic E-state index is 0. The molecule has 2 aromatic rings. The quantitative estimate of drug-likeness (QED) is 0.752. The first-order chi connectivity index (χ1) is 12.5. The molecule has 2 heterocycles. The van der Waals surface area contributed by atoms with Crippen molar-refractivity contribution in [1.29, 1.82) is 0 Å². The molecule has 0 bridgehead atoms. The zero-order chi connectivity index (χ0) is 18.5. The van der Waals surface area contributed by atoms with Crippen molar-refractivity contribution >= 4 is 34.8 Å². The number of rotatable bonds is 6. The summed E-state index contributed by atoms with van der Waals surface area (Å²) in [4.78, 5) is 16.9. The number of nitrogens with two attached hydrogens (primary N) is 1. The van der Waals surface area contributed by atoms with Crippen LogP contribution >= 0.6 is 23.7 Å². The predicted molar refractivity (Wildman–Crippen MR) is 113 cm³/mol. The fourth-order valence-electron chi connectivity index (χ4n) is 3.22. The zero-order valence-electron chi connectivity index (χ0n) is 15.8. The fourth-order valence-corrected chi connectivity index (χ4v) is 3.95. The maximum absolute atomic E-state index is 12.4. The van der Waals surface area contributed by atoms with Gasteiger partial charge in [0.25, 0.3) is 0 Å². The first-order valence-electron chi connectivity index (χ1n) is 9.22. The van der Waals surface area contributed by atoms with E-state index in [-0.39, 0.29) is 24.2 Å². The van der Waals surface area contributed by atoms with Gasteiger partial charge in [-0.3, -0.25) is 4.79 Å². The second-order valence-corrected chi connectivity index (χ2v) is 8.16. The minimum atomic E-state index is -0.512. The Morgan fingerprint density at radius 3 is 2.59 bits per heavy atom. The first-order valence-corrected chi connectivity index (χ1v) is 10.1. The van der Waals surface area contributed by atoms with Gasteiger partial charge < -0.3 is 15.8 Å². The second-order valence-electron chi connectivity index (χ2n) is 7.30. The van der Waals surface area contributed by atoms with Gasteiger partial charge in [0.15, 0.2) is 5.13 Å². The van der Waals surface area contributed by atoms with Crippen LogP contribution in [0.25, 0.3) is 11.3 Å². The normalized spacial score (nSPS) is 16.0. The Kier molecular flexibility index (Phi) is 8.23. The SMILES string of the molecule is CC(C)Cc1ccc(-c2csc(NC(=O)C(N)C3CCOCC3)n2)cc1.Cl. The van der Waals surface area contributed by atoms with Crippen LogP contribution in [0.4, 0.5) is 5.13 Å². The summed E-state index contributed by atoms with van der Waals surface area (Å²) in [5.41, 5.74) is 9.39. The van der Waals surface area contributed by atoms with Gasteiger partial charge in [-0.05, 0) is 36.7 Å². The van der Waals surface area contributed by atoms with Crippen LogP contribution in [0.2, 0.25) is 0 Å². The van der Waals surface area contributed by atoms with E-state index in [1.165, 1.54) is 16.9 Å². The molecule has 0 aliphatic carbocycles. The van der Waals surface area contributed by atoms with Crippen LogP contribution in [0, 0.1) is 11.8 Å². The third-order valence-electron chi connectivity index (χ3n) is 4.70. The van der Waals surface area contributed by atoms with Crippen molar-refractivity contribution in [2.45, 2.75) is 39.2 Å². The summed E-state index contributed by atoms with van der Waals surface area (Å²) in [6, 6.07) is 7.96. The smallest absolute Gasteiger partial charge is 0.243 e. The molecule has 1 aliphatic heterocycles. The number of hydrogen-bond acceptors (Lipinski definition) is 5. The lowest BCUT2D eigenvalue weighted by molar-refractivity contribution is -0.119. The summed E-state index contributed by atoms with van der Waals surface area (Å²) in [5, 5.41) is 5.43. The highest BCUT2D eigenvalue weighted by molar-refractivity contribution is 7.14. The van der Waals surface area contributed by atoms with Gasteiger partial charge in [-0.1, -0.05) is 38.1 Å². The molecule has 1 atom stereocenters. The van der Waals surface area contributed by atoms with E-state index in [4.69, 9.17) is 10.5 Å². The number of nitrogens with one attached hydrogen (secondary N) is 1. The number of carbonyl (C=O) groups excluding carboxylic acids is 1. The molecule has 0 saturated carbocycles. The zero-order valence-corrected chi connectivity index (χ0v) is 17.4. The number of benzene rings is 1. The maximum Gasteiger partial charge on any atom is 0.243 e. The number of anilines is 1. The molecule has 3 N–H and O–H groups in total. The lowest BCUT2D eigenvalue weighted by atomic mass is 9.92. The number of carbonyl (C=O) groups is 1. The predicted octanol–water partition coefficient (Wildman–Crippen LogP) is 4.12. The Morgan fingerprint density at radius 1 is 1.30 bits per heavy atom. The molecular formula is C20H28ClN3O2S. The Labute approximate surface area is 171 Å². The molecule has 5 nitrogen and oxygen atoms in total. The summed E-state index contributed by atoms with van der Waals surface area (Å²) in [6.07, 6.45) is 2.74. The number of aromatic nitrogens is 1. The van der Waals surface area contributed by atoms with Crippen LogP contribution in [0.15, 0.2) is 29.6 Å². The van der Waals surface area contributed by atoms with Crippen molar-refractivity contribution in [2.75, 3.05) is 18.5 Å². The molecule has 0 radical (unpaired) electrons. The molecule has 1 aliphatic rings. The monoisotopic (exact) mass is 409 g/mol. The van der Waals surface area contributed by atoms with Crippen LogP contribution in [-0.2, 0) is 16.0 Å². The van der Waals surface area contributed by atoms with Gasteiger partial charge in [-0.2, -0.15) is 0 Å². The number of halogens is 1. The highest BCUT2D eigenvalue weighted by atomic mass is 35.5. The second kappa shape index (κ2) is 10.2. The van der Waals surface area contributed by atoms with Crippen molar-refractivity contribution in [1.82, 2.24) is 4.98 Å². The molecule has 1 aromatic heterocycles. The molecule has 1 unspecified atom stereocenters. The molecule has 0 spiro atoms.